The van der Waals surface area contributed by atoms with Crippen LogP contribution in [0.1, 0.15) is 35.6 Å². The highest BCUT2D eigenvalue weighted by atomic mass is 19.4. The molecule has 150 valence electrons. The molecule has 0 unspecified atom stereocenters. The summed E-state index contributed by atoms with van der Waals surface area (Å²) in [5, 5.41) is 2.83. The van der Waals surface area contributed by atoms with E-state index in [1.165, 1.54) is 24.0 Å². The van der Waals surface area contributed by atoms with Crippen LogP contribution in [0.4, 0.5) is 24.5 Å². The summed E-state index contributed by atoms with van der Waals surface area (Å²) in [5.41, 5.74) is 2.91. The summed E-state index contributed by atoms with van der Waals surface area (Å²) in [7, 11) is 0. The van der Waals surface area contributed by atoms with Crippen LogP contribution in [0.3, 0.4) is 0 Å². The van der Waals surface area contributed by atoms with Crippen LogP contribution in [-0.2, 0) is 15.8 Å². The number of nitrogens with one attached hydrogen (secondary N) is 1. The zero-order valence-corrected chi connectivity index (χ0v) is 16.3. The number of carbonyl (C=O) groups excluding carboxylic acids is 2. The van der Waals surface area contributed by atoms with E-state index in [0.29, 0.717) is 5.69 Å². The van der Waals surface area contributed by atoms with Gasteiger partial charge in [0.25, 0.3) is 0 Å². The van der Waals surface area contributed by atoms with Gasteiger partial charge in [-0.25, -0.2) is 0 Å². The van der Waals surface area contributed by atoms with E-state index in [-0.39, 0.29) is 24.6 Å². The second-order valence-corrected chi connectivity index (χ2v) is 6.79. The van der Waals surface area contributed by atoms with Gasteiger partial charge < -0.3 is 10.2 Å². The quantitative estimate of drug-likeness (QED) is 0.777. The number of rotatable bonds is 5. The lowest BCUT2D eigenvalue weighted by molar-refractivity contribution is -0.137. The lowest BCUT2D eigenvalue weighted by Gasteiger charge is -2.22. The van der Waals surface area contributed by atoms with Crippen molar-refractivity contribution in [1.29, 1.82) is 0 Å². The molecule has 2 amide bonds. The van der Waals surface area contributed by atoms with Gasteiger partial charge in [0.15, 0.2) is 0 Å². The van der Waals surface area contributed by atoms with Crippen LogP contribution in [-0.4, -0.2) is 18.4 Å². The maximum absolute atomic E-state index is 12.9. The minimum absolute atomic E-state index is 0.0214. The number of hydrogen-bond acceptors (Lipinski definition) is 2. The second kappa shape index (κ2) is 8.46. The standard InChI is InChI=1S/C21H23F3N2O2/c1-13-10-14(2)20(15(3)11-13)25-19(28)8-9-26(16(4)27)18-7-5-6-17(12-18)21(22,23)24/h5-7,10-12H,8-9H2,1-4H3,(H,25,28). The van der Waals surface area contributed by atoms with E-state index in [2.05, 4.69) is 5.32 Å². The SMILES string of the molecule is CC(=O)N(CCC(=O)Nc1c(C)cc(C)cc1C)c1cccc(C(F)(F)F)c1. The predicted octanol–water partition coefficient (Wildman–Crippen LogP) is 5.01. The third-order valence-electron chi connectivity index (χ3n) is 4.37. The van der Waals surface area contributed by atoms with Gasteiger partial charge in [0.1, 0.15) is 0 Å². The number of benzene rings is 2. The molecule has 0 aromatic heterocycles. The van der Waals surface area contributed by atoms with E-state index in [0.717, 1.165) is 28.8 Å². The third kappa shape index (κ3) is 5.34. The molecule has 1 N–H and O–H groups in total. The Morgan fingerprint density at radius 1 is 1.04 bits per heavy atom. The molecule has 28 heavy (non-hydrogen) atoms. The summed E-state index contributed by atoms with van der Waals surface area (Å²) in [6, 6.07) is 8.42. The minimum atomic E-state index is -4.50. The lowest BCUT2D eigenvalue weighted by atomic mass is 10.0. The minimum Gasteiger partial charge on any atom is -0.326 e. The summed E-state index contributed by atoms with van der Waals surface area (Å²) < 4.78 is 38.8. The van der Waals surface area contributed by atoms with Crippen molar-refractivity contribution in [2.45, 2.75) is 40.3 Å². The highest BCUT2D eigenvalue weighted by molar-refractivity contribution is 5.95. The molecule has 0 atom stereocenters. The molecule has 2 aromatic carbocycles. The smallest absolute Gasteiger partial charge is 0.326 e. The summed E-state index contributed by atoms with van der Waals surface area (Å²) in [4.78, 5) is 25.5. The average Bonchev–Trinajstić information content (AvgIpc) is 2.57. The van der Waals surface area contributed by atoms with Crippen LogP contribution in [0.25, 0.3) is 0 Å². The van der Waals surface area contributed by atoms with Gasteiger partial charge in [0, 0.05) is 31.3 Å². The number of nitrogens with zero attached hydrogens (tertiary/aromatic N) is 1. The molecule has 7 heteroatoms. The van der Waals surface area contributed by atoms with Crippen molar-refractivity contribution in [1.82, 2.24) is 0 Å². The predicted molar refractivity (Wildman–Crippen MR) is 103 cm³/mol. The number of amides is 2. The summed E-state index contributed by atoms with van der Waals surface area (Å²) in [6.45, 7) is 6.98. The first kappa shape index (κ1) is 21.5. The van der Waals surface area contributed by atoms with Crippen LogP contribution < -0.4 is 10.2 Å². The van der Waals surface area contributed by atoms with Crippen LogP contribution in [0, 0.1) is 20.8 Å². The van der Waals surface area contributed by atoms with Gasteiger partial charge in [-0.2, -0.15) is 13.2 Å². The number of halogens is 3. The molecule has 4 nitrogen and oxygen atoms in total. The first-order valence-electron chi connectivity index (χ1n) is 8.82. The lowest BCUT2D eigenvalue weighted by Crippen LogP contribution is -2.32. The number of alkyl halides is 3. The zero-order chi connectivity index (χ0) is 21.1. The largest absolute Gasteiger partial charge is 0.416 e. The number of aryl methyl sites for hydroxylation is 3. The molecule has 0 bridgehead atoms. The van der Waals surface area contributed by atoms with Gasteiger partial charge in [-0.3, -0.25) is 9.59 Å². The Labute approximate surface area is 162 Å². The van der Waals surface area contributed by atoms with Crippen molar-refractivity contribution in [2.75, 3.05) is 16.8 Å². The molecule has 0 saturated carbocycles. The van der Waals surface area contributed by atoms with Crippen molar-refractivity contribution in [3.8, 4) is 0 Å². The van der Waals surface area contributed by atoms with Crippen molar-refractivity contribution in [2.24, 2.45) is 0 Å². The van der Waals surface area contributed by atoms with Gasteiger partial charge in [-0.1, -0.05) is 23.8 Å². The number of hydrogen-bond donors (Lipinski definition) is 1. The zero-order valence-electron chi connectivity index (χ0n) is 16.3. The van der Waals surface area contributed by atoms with Crippen molar-refractivity contribution < 1.29 is 22.8 Å². The molecule has 0 aliphatic rings. The Hall–Kier alpha value is -2.83. The Balaban J connectivity index is 2.12. The van der Waals surface area contributed by atoms with Crippen molar-refractivity contribution in [3.63, 3.8) is 0 Å². The van der Waals surface area contributed by atoms with Crippen LogP contribution >= 0.6 is 0 Å². The molecular formula is C21H23F3N2O2. The second-order valence-electron chi connectivity index (χ2n) is 6.79. The van der Waals surface area contributed by atoms with E-state index < -0.39 is 17.6 Å². The third-order valence-corrected chi connectivity index (χ3v) is 4.37. The monoisotopic (exact) mass is 392 g/mol. The normalized spacial score (nSPS) is 11.2. The molecular weight excluding hydrogens is 369 g/mol. The molecule has 0 aliphatic heterocycles. The Kier molecular flexibility index (Phi) is 6.48. The van der Waals surface area contributed by atoms with Crippen molar-refractivity contribution in [3.05, 3.63) is 58.7 Å². The number of carbonyl (C=O) groups is 2. The summed E-state index contributed by atoms with van der Waals surface area (Å²) in [5.74, 6) is -0.747. The van der Waals surface area contributed by atoms with Crippen LogP contribution in [0.15, 0.2) is 36.4 Å². The first-order valence-corrected chi connectivity index (χ1v) is 8.82. The Morgan fingerprint density at radius 3 is 2.18 bits per heavy atom. The molecule has 0 fully saturated rings. The highest BCUT2D eigenvalue weighted by Gasteiger charge is 2.31. The molecule has 0 heterocycles. The van der Waals surface area contributed by atoms with E-state index >= 15 is 0 Å². The van der Waals surface area contributed by atoms with E-state index in [9.17, 15) is 22.8 Å². The fourth-order valence-corrected chi connectivity index (χ4v) is 3.11. The van der Waals surface area contributed by atoms with E-state index in [1.54, 1.807) is 0 Å². The van der Waals surface area contributed by atoms with Gasteiger partial charge in [0.2, 0.25) is 11.8 Å². The maximum Gasteiger partial charge on any atom is 0.416 e. The van der Waals surface area contributed by atoms with Crippen LogP contribution in [0.5, 0.6) is 0 Å². The fourth-order valence-electron chi connectivity index (χ4n) is 3.11. The number of anilines is 2. The molecule has 0 saturated heterocycles. The average molecular weight is 392 g/mol. The molecule has 0 aliphatic carbocycles. The Morgan fingerprint density at radius 2 is 1.64 bits per heavy atom. The van der Waals surface area contributed by atoms with E-state index in [1.807, 2.05) is 32.9 Å². The Bertz CT molecular complexity index is 868. The first-order chi connectivity index (χ1) is 13.0. The van der Waals surface area contributed by atoms with Gasteiger partial charge in [-0.05, 0) is 50.1 Å². The molecule has 2 rings (SSSR count). The highest BCUT2D eigenvalue weighted by Crippen LogP contribution is 2.31. The van der Waals surface area contributed by atoms with E-state index in [4.69, 9.17) is 0 Å². The topological polar surface area (TPSA) is 49.4 Å². The van der Waals surface area contributed by atoms with Crippen molar-refractivity contribution >= 4 is 23.2 Å². The van der Waals surface area contributed by atoms with Gasteiger partial charge in [0.05, 0.1) is 5.56 Å². The molecule has 2 aromatic rings. The molecule has 0 spiro atoms. The van der Waals surface area contributed by atoms with Gasteiger partial charge in [-0.15, -0.1) is 0 Å². The maximum atomic E-state index is 12.9. The summed E-state index contributed by atoms with van der Waals surface area (Å²) >= 11 is 0. The van der Waals surface area contributed by atoms with Gasteiger partial charge >= 0.3 is 6.18 Å². The van der Waals surface area contributed by atoms with Crippen LogP contribution in [0.2, 0.25) is 0 Å². The summed E-state index contributed by atoms with van der Waals surface area (Å²) in [6.07, 6.45) is -4.54. The molecule has 0 radical (unpaired) electrons. The fraction of sp³-hybridized carbons (Fsp3) is 0.333.